The first-order valence-corrected chi connectivity index (χ1v) is 7.31. The number of aliphatic hydroxyl groups excluding tert-OH is 1. The number of nitrogens with zero attached hydrogens (tertiary/aromatic N) is 3. The van der Waals surface area contributed by atoms with Crippen molar-refractivity contribution in [1.29, 1.82) is 0 Å². The van der Waals surface area contributed by atoms with E-state index < -0.39 is 6.10 Å². The topological polar surface area (TPSA) is 104 Å². The number of H-pyrrole nitrogens is 1. The molecule has 0 aliphatic rings. The van der Waals surface area contributed by atoms with Crippen LogP contribution in [0, 0.1) is 0 Å². The molecular formula is C16H17N5O2. The van der Waals surface area contributed by atoms with Crippen molar-refractivity contribution in [2.24, 2.45) is 0 Å². The van der Waals surface area contributed by atoms with Crippen molar-refractivity contribution >= 4 is 16.8 Å². The average molecular weight is 311 g/mol. The summed E-state index contributed by atoms with van der Waals surface area (Å²) in [4.78, 5) is 21.0. The minimum Gasteiger partial charge on any atom is -0.385 e. The lowest BCUT2D eigenvalue weighted by molar-refractivity contribution is 0.0940. The van der Waals surface area contributed by atoms with Crippen molar-refractivity contribution in [2.75, 3.05) is 0 Å². The van der Waals surface area contributed by atoms with Gasteiger partial charge in [-0.3, -0.25) is 14.9 Å². The Hall–Kier alpha value is -2.80. The van der Waals surface area contributed by atoms with Gasteiger partial charge in [0, 0.05) is 11.6 Å². The molecule has 23 heavy (non-hydrogen) atoms. The van der Waals surface area contributed by atoms with Gasteiger partial charge in [0.05, 0.1) is 17.1 Å². The van der Waals surface area contributed by atoms with Gasteiger partial charge in [-0.15, -0.1) is 0 Å². The van der Waals surface area contributed by atoms with E-state index >= 15 is 0 Å². The first-order valence-electron chi connectivity index (χ1n) is 7.31. The monoisotopic (exact) mass is 311 g/mol. The van der Waals surface area contributed by atoms with Gasteiger partial charge in [-0.2, -0.15) is 5.10 Å². The van der Waals surface area contributed by atoms with Crippen LogP contribution in [-0.2, 0) is 0 Å². The molecule has 2 atom stereocenters. The summed E-state index contributed by atoms with van der Waals surface area (Å²) >= 11 is 0. The van der Waals surface area contributed by atoms with E-state index in [1.54, 1.807) is 26.1 Å². The highest BCUT2D eigenvalue weighted by Crippen LogP contribution is 2.17. The Morgan fingerprint density at radius 2 is 2.04 bits per heavy atom. The van der Waals surface area contributed by atoms with Gasteiger partial charge in [0.2, 0.25) is 0 Å². The minimum absolute atomic E-state index is 0.217. The predicted octanol–water partition coefficient (Wildman–Crippen LogP) is 1.90. The van der Waals surface area contributed by atoms with E-state index in [0.717, 1.165) is 10.9 Å². The Kier molecular flexibility index (Phi) is 4.03. The fourth-order valence-corrected chi connectivity index (χ4v) is 2.31. The SMILES string of the molecule is CC(O)c1n[nH]c(C(C)NC(=O)c2ccnc3ccccc23)n1. The molecule has 0 radical (unpaired) electrons. The Morgan fingerprint density at radius 1 is 1.26 bits per heavy atom. The van der Waals surface area contributed by atoms with Crippen LogP contribution < -0.4 is 5.32 Å². The molecule has 3 rings (SSSR count). The van der Waals surface area contributed by atoms with Crippen LogP contribution in [0.15, 0.2) is 36.5 Å². The molecule has 3 N–H and O–H groups in total. The predicted molar refractivity (Wildman–Crippen MR) is 84.6 cm³/mol. The highest BCUT2D eigenvalue weighted by Gasteiger charge is 2.18. The molecule has 0 saturated carbocycles. The number of benzene rings is 1. The number of aromatic amines is 1. The summed E-state index contributed by atoms with van der Waals surface area (Å²) in [6, 6.07) is 8.80. The van der Waals surface area contributed by atoms with Gasteiger partial charge < -0.3 is 10.4 Å². The number of para-hydroxylation sites is 1. The lowest BCUT2D eigenvalue weighted by atomic mass is 10.1. The number of hydrogen-bond donors (Lipinski definition) is 3. The molecule has 0 spiro atoms. The molecule has 0 aliphatic carbocycles. The number of fused-ring (bicyclic) bond motifs is 1. The Morgan fingerprint density at radius 3 is 2.78 bits per heavy atom. The molecule has 2 heterocycles. The zero-order valence-corrected chi connectivity index (χ0v) is 12.8. The number of amides is 1. The summed E-state index contributed by atoms with van der Waals surface area (Å²) in [7, 11) is 0. The van der Waals surface area contributed by atoms with Crippen LogP contribution in [0.3, 0.4) is 0 Å². The molecule has 1 aromatic carbocycles. The molecule has 0 bridgehead atoms. The van der Waals surface area contributed by atoms with E-state index in [-0.39, 0.29) is 11.9 Å². The maximum absolute atomic E-state index is 12.5. The fourth-order valence-electron chi connectivity index (χ4n) is 2.31. The van der Waals surface area contributed by atoms with Gasteiger partial charge in [-0.25, -0.2) is 4.98 Å². The van der Waals surface area contributed by atoms with E-state index in [2.05, 4.69) is 25.5 Å². The number of aliphatic hydroxyl groups is 1. The summed E-state index contributed by atoms with van der Waals surface area (Å²) in [6.07, 6.45) is 0.856. The molecule has 1 amide bonds. The standard InChI is InChI=1S/C16H17N5O2/c1-9(14-19-15(10(2)22)21-20-14)18-16(23)12-7-8-17-13-6-4-3-5-11(12)13/h3-10,22H,1-2H3,(H,18,23)(H,19,20,21). The van der Waals surface area contributed by atoms with Crippen LogP contribution in [-0.4, -0.2) is 31.2 Å². The number of rotatable bonds is 4. The van der Waals surface area contributed by atoms with Gasteiger partial charge in [0.25, 0.3) is 5.91 Å². The first kappa shape index (κ1) is 15.1. The van der Waals surface area contributed by atoms with Crippen molar-refractivity contribution < 1.29 is 9.90 Å². The van der Waals surface area contributed by atoms with E-state index in [4.69, 9.17) is 0 Å². The molecule has 2 unspecified atom stereocenters. The van der Waals surface area contributed by atoms with Gasteiger partial charge in [0.1, 0.15) is 11.9 Å². The van der Waals surface area contributed by atoms with Crippen LogP contribution >= 0.6 is 0 Å². The third-order valence-electron chi connectivity index (χ3n) is 3.55. The van der Waals surface area contributed by atoms with Crippen molar-refractivity contribution in [2.45, 2.75) is 26.0 Å². The molecule has 2 aromatic heterocycles. The van der Waals surface area contributed by atoms with Crippen LogP contribution in [0.25, 0.3) is 10.9 Å². The van der Waals surface area contributed by atoms with E-state index in [9.17, 15) is 9.90 Å². The maximum atomic E-state index is 12.5. The Balaban J connectivity index is 1.82. The third kappa shape index (κ3) is 3.04. The fraction of sp³-hybridized carbons (Fsp3) is 0.250. The molecule has 3 aromatic rings. The molecule has 0 saturated heterocycles. The second-order valence-electron chi connectivity index (χ2n) is 5.33. The third-order valence-corrected chi connectivity index (χ3v) is 3.55. The highest BCUT2D eigenvalue weighted by molar-refractivity contribution is 6.06. The number of hydrogen-bond acceptors (Lipinski definition) is 5. The van der Waals surface area contributed by atoms with Crippen LogP contribution in [0.2, 0.25) is 0 Å². The maximum Gasteiger partial charge on any atom is 0.252 e. The van der Waals surface area contributed by atoms with E-state index in [1.807, 2.05) is 24.3 Å². The molecule has 7 nitrogen and oxygen atoms in total. The second kappa shape index (κ2) is 6.13. The number of carbonyl (C=O) groups is 1. The van der Waals surface area contributed by atoms with Gasteiger partial charge in [-0.05, 0) is 26.0 Å². The summed E-state index contributed by atoms with van der Waals surface area (Å²) in [6.45, 7) is 3.38. The van der Waals surface area contributed by atoms with Crippen molar-refractivity contribution in [3.05, 3.63) is 53.7 Å². The number of carbonyl (C=O) groups excluding carboxylic acids is 1. The normalized spacial score (nSPS) is 13.7. The van der Waals surface area contributed by atoms with Gasteiger partial charge in [-0.1, -0.05) is 18.2 Å². The van der Waals surface area contributed by atoms with E-state index in [0.29, 0.717) is 17.2 Å². The molecular weight excluding hydrogens is 294 g/mol. The second-order valence-corrected chi connectivity index (χ2v) is 5.33. The Bertz CT molecular complexity index is 838. The minimum atomic E-state index is -0.757. The van der Waals surface area contributed by atoms with E-state index in [1.165, 1.54) is 0 Å². The van der Waals surface area contributed by atoms with Gasteiger partial charge >= 0.3 is 0 Å². The quantitative estimate of drug-likeness (QED) is 0.682. The number of aromatic nitrogens is 4. The number of pyridine rings is 1. The molecule has 0 fully saturated rings. The summed E-state index contributed by atoms with van der Waals surface area (Å²) in [5, 5.41) is 19.8. The first-order chi connectivity index (χ1) is 11.1. The zero-order chi connectivity index (χ0) is 16.4. The average Bonchev–Trinajstić information content (AvgIpc) is 3.04. The summed E-state index contributed by atoms with van der Waals surface area (Å²) in [5.41, 5.74) is 1.32. The number of nitrogens with one attached hydrogen (secondary N) is 2. The Labute approximate surface area is 132 Å². The highest BCUT2D eigenvalue weighted by atomic mass is 16.3. The van der Waals surface area contributed by atoms with Gasteiger partial charge in [0.15, 0.2) is 5.82 Å². The van der Waals surface area contributed by atoms with Crippen LogP contribution in [0.4, 0.5) is 0 Å². The summed E-state index contributed by atoms with van der Waals surface area (Å²) < 4.78 is 0. The van der Waals surface area contributed by atoms with Crippen molar-refractivity contribution in [3.8, 4) is 0 Å². The lowest BCUT2D eigenvalue weighted by Gasteiger charge is -2.12. The molecule has 118 valence electrons. The molecule has 7 heteroatoms. The smallest absolute Gasteiger partial charge is 0.252 e. The molecule has 0 aliphatic heterocycles. The zero-order valence-electron chi connectivity index (χ0n) is 12.8. The largest absolute Gasteiger partial charge is 0.385 e. The van der Waals surface area contributed by atoms with Crippen molar-refractivity contribution in [3.63, 3.8) is 0 Å². The lowest BCUT2D eigenvalue weighted by Crippen LogP contribution is -2.27. The summed E-state index contributed by atoms with van der Waals surface area (Å²) in [5.74, 6) is 0.578. The van der Waals surface area contributed by atoms with Crippen LogP contribution in [0.1, 0.15) is 48.0 Å². The van der Waals surface area contributed by atoms with Crippen LogP contribution in [0.5, 0.6) is 0 Å². The van der Waals surface area contributed by atoms with Crippen molar-refractivity contribution in [1.82, 2.24) is 25.5 Å².